The first-order valence-electron chi connectivity index (χ1n) is 10.2. The van der Waals surface area contributed by atoms with Crippen molar-refractivity contribution in [2.24, 2.45) is 4.99 Å². The van der Waals surface area contributed by atoms with Gasteiger partial charge >= 0.3 is 0 Å². The SMILES string of the molecule is CC(=O)C[C@@H]1N=C(c2ccc(Cl)cc2)c2cc(OC(C)(C)C)ccc2-n2c(C)nnc21. The van der Waals surface area contributed by atoms with Crippen molar-refractivity contribution in [2.45, 2.75) is 52.7 Å². The molecule has 0 aliphatic carbocycles. The quantitative estimate of drug-likeness (QED) is 0.558. The highest BCUT2D eigenvalue weighted by Gasteiger charge is 2.29. The minimum Gasteiger partial charge on any atom is -0.488 e. The third-order valence-corrected chi connectivity index (χ3v) is 5.17. The highest BCUT2D eigenvalue weighted by molar-refractivity contribution is 6.30. The number of aryl methyl sites for hydroxylation is 1. The van der Waals surface area contributed by atoms with Gasteiger partial charge in [-0.2, -0.15) is 0 Å². The number of hydrogen-bond donors (Lipinski definition) is 0. The van der Waals surface area contributed by atoms with Crippen LogP contribution in [-0.4, -0.2) is 31.9 Å². The van der Waals surface area contributed by atoms with Gasteiger partial charge < -0.3 is 4.74 Å². The molecule has 6 nitrogen and oxygen atoms in total. The summed E-state index contributed by atoms with van der Waals surface area (Å²) < 4.78 is 8.11. The maximum atomic E-state index is 12.0. The lowest BCUT2D eigenvalue weighted by Gasteiger charge is -2.22. The smallest absolute Gasteiger partial charge is 0.162 e. The van der Waals surface area contributed by atoms with Gasteiger partial charge in [0.1, 0.15) is 29.0 Å². The molecular weight excluding hydrogens is 412 g/mol. The van der Waals surface area contributed by atoms with E-state index in [9.17, 15) is 4.79 Å². The van der Waals surface area contributed by atoms with Crippen LogP contribution in [-0.2, 0) is 4.79 Å². The van der Waals surface area contributed by atoms with Crippen molar-refractivity contribution in [1.29, 1.82) is 0 Å². The molecule has 31 heavy (non-hydrogen) atoms. The van der Waals surface area contributed by atoms with E-state index in [0.717, 1.165) is 34.1 Å². The molecule has 3 aromatic rings. The Morgan fingerprint density at radius 2 is 1.84 bits per heavy atom. The lowest BCUT2D eigenvalue weighted by atomic mass is 9.99. The van der Waals surface area contributed by atoms with Gasteiger partial charge in [-0.05, 0) is 65.0 Å². The summed E-state index contributed by atoms with van der Waals surface area (Å²) in [5.41, 5.74) is 3.12. The van der Waals surface area contributed by atoms with Crippen LogP contribution in [0.15, 0.2) is 47.5 Å². The summed E-state index contributed by atoms with van der Waals surface area (Å²) >= 11 is 6.13. The fourth-order valence-electron chi connectivity index (χ4n) is 3.74. The first-order valence-corrected chi connectivity index (χ1v) is 10.6. The van der Waals surface area contributed by atoms with Gasteiger partial charge in [-0.25, -0.2) is 0 Å². The Labute approximate surface area is 186 Å². The fraction of sp³-hybridized carbons (Fsp3) is 0.333. The molecule has 7 heteroatoms. The van der Waals surface area contributed by atoms with Gasteiger partial charge in [0.25, 0.3) is 0 Å². The molecule has 2 aromatic carbocycles. The van der Waals surface area contributed by atoms with E-state index in [1.807, 2.05) is 74.7 Å². The number of fused-ring (bicyclic) bond motifs is 3. The summed E-state index contributed by atoms with van der Waals surface area (Å²) in [4.78, 5) is 17.1. The zero-order valence-electron chi connectivity index (χ0n) is 18.3. The number of carbonyl (C=O) groups excluding carboxylic acids is 1. The molecule has 1 atom stereocenters. The first kappa shape index (κ1) is 21.2. The van der Waals surface area contributed by atoms with Gasteiger partial charge in [-0.15, -0.1) is 10.2 Å². The molecule has 160 valence electrons. The van der Waals surface area contributed by atoms with Gasteiger partial charge in [-0.1, -0.05) is 23.7 Å². The van der Waals surface area contributed by atoms with Crippen molar-refractivity contribution in [3.63, 3.8) is 0 Å². The molecule has 1 aromatic heterocycles. The number of carbonyl (C=O) groups is 1. The lowest BCUT2D eigenvalue weighted by Crippen LogP contribution is -2.23. The van der Waals surface area contributed by atoms with Crippen molar-refractivity contribution in [2.75, 3.05) is 0 Å². The summed E-state index contributed by atoms with van der Waals surface area (Å²) in [5.74, 6) is 2.17. The second kappa shape index (κ2) is 7.93. The van der Waals surface area contributed by atoms with Crippen LogP contribution in [0.3, 0.4) is 0 Å². The van der Waals surface area contributed by atoms with Gasteiger partial charge in [0.05, 0.1) is 11.4 Å². The third-order valence-electron chi connectivity index (χ3n) is 4.92. The second-order valence-corrected chi connectivity index (χ2v) is 9.18. The monoisotopic (exact) mass is 436 g/mol. The molecule has 0 unspecified atom stereocenters. The number of nitrogens with zero attached hydrogens (tertiary/aromatic N) is 4. The number of aromatic nitrogens is 3. The van der Waals surface area contributed by atoms with Crippen LogP contribution in [0, 0.1) is 6.92 Å². The molecule has 0 saturated carbocycles. The van der Waals surface area contributed by atoms with Gasteiger partial charge in [0, 0.05) is 22.6 Å². The predicted molar refractivity (Wildman–Crippen MR) is 122 cm³/mol. The molecule has 0 saturated heterocycles. The zero-order chi connectivity index (χ0) is 22.3. The number of hydrogen-bond acceptors (Lipinski definition) is 5. The first-order chi connectivity index (χ1) is 14.6. The van der Waals surface area contributed by atoms with Crippen molar-refractivity contribution >= 4 is 23.1 Å². The van der Waals surface area contributed by atoms with E-state index in [4.69, 9.17) is 21.3 Å². The van der Waals surface area contributed by atoms with E-state index in [1.165, 1.54) is 0 Å². The number of ketones is 1. The minimum atomic E-state index is -0.441. The highest BCUT2D eigenvalue weighted by Crippen LogP contribution is 2.35. The molecule has 0 spiro atoms. The standard InChI is InChI=1S/C24H25ClN4O2/c1-14(30)12-20-23-28-27-15(2)29(23)21-11-10-18(31-24(3,4)5)13-19(21)22(26-20)16-6-8-17(25)9-7-16/h6-11,13,20H,12H2,1-5H3/t20-/m0/s1. The van der Waals surface area contributed by atoms with Gasteiger partial charge in [-0.3, -0.25) is 14.4 Å². The van der Waals surface area contributed by atoms with E-state index in [1.54, 1.807) is 6.92 Å². The summed E-state index contributed by atoms with van der Waals surface area (Å²) in [5, 5.41) is 9.30. The number of rotatable bonds is 4. The lowest BCUT2D eigenvalue weighted by molar-refractivity contribution is -0.117. The zero-order valence-corrected chi connectivity index (χ0v) is 19.1. The number of Topliss-reactive ketones (excluding diaryl/α,β-unsaturated/α-hetero) is 1. The normalized spacial score (nSPS) is 15.5. The third kappa shape index (κ3) is 4.39. The Bertz CT molecular complexity index is 1170. The Morgan fingerprint density at radius 3 is 2.48 bits per heavy atom. The highest BCUT2D eigenvalue weighted by atomic mass is 35.5. The van der Waals surface area contributed by atoms with E-state index >= 15 is 0 Å². The van der Waals surface area contributed by atoms with Crippen LogP contribution in [0.2, 0.25) is 5.02 Å². The van der Waals surface area contributed by atoms with Gasteiger partial charge in [0.15, 0.2) is 5.82 Å². The number of benzene rings is 2. The molecule has 0 bridgehead atoms. The Hall–Kier alpha value is -2.99. The van der Waals surface area contributed by atoms with Crippen molar-refractivity contribution in [3.05, 3.63) is 70.3 Å². The van der Waals surface area contributed by atoms with Gasteiger partial charge in [0.2, 0.25) is 0 Å². The average molecular weight is 437 g/mol. The summed E-state index contributed by atoms with van der Waals surface area (Å²) in [6.07, 6.45) is 0.245. The van der Waals surface area contributed by atoms with E-state index in [-0.39, 0.29) is 17.8 Å². The predicted octanol–water partition coefficient (Wildman–Crippen LogP) is 5.28. The fourth-order valence-corrected chi connectivity index (χ4v) is 3.87. The molecule has 0 fully saturated rings. The van der Waals surface area contributed by atoms with Crippen LogP contribution in [0.25, 0.3) is 5.69 Å². The maximum absolute atomic E-state index is 12.0. The molecule has 0 radical (unpaired) electrons. The van der Waals surface area contributed by atoms with Crippen molar-refractivity contribution in [3.8, 4) is 11.4 Å². The topological polar surface area (TPSA) is 69.4 Å². The molecule has 1 aliphatic rings. The molecule has 0 N–H and O–H groups in total. The van der Waals surface area contributed by atoms with Crippen molar-refractivity contribution in [1.82, 2.24) is 14.8 Å². The summed E-state index contributed by atoms with van der Waals surface area (Å²) in [6, 6.07) is 13.0. The molecular formula is C24H25ClN4O2. The molecule has 0 amide bonds. The van der Waals surface area contributed by atoms with E-state index in [0.29, 0.717) is 10.8 Å². The number of ether oxygens (including phenoxy) is 1. The molecule has 4 rings (SSSR count). The number of halogens is 1. The van der Waals surface area contributed by atoms with Crippen LogP contribution >= 0.6 is 11.6 Å². The van der Waals surface area contributed by atoms with Crippen molar-refractivity contribution < 1.29 is 9.53 Å². The summed E-state index contributed by atoms with van der Waals surface area (Å²) in [7, 11) is 0. The average Bonchev–Trinajstić information content (AvgIpc) is 2.99. The Morgan fingerprint density at radius 1 is 1.13 bits per heavy atom. The molecule has 2 heterocycles. The molecule has 1 aliphatic heterocycles. The van der Waals surface area contributed by atoms with Crippen LogP contribution in [0.4, 0.5) is 0 Å². The van der Waals surface area contributed by atoms with Crippen LogP contribution < -0.4 is 4.74 Å². The Balaban J connectivity index is 1.98. The van der Waals surface area contributed by atoms with E-state index < -0.39 is 6.04 Å². The van der Waals surface area contributed by atoms with E-state index in [2.05, 4.69) is 10.2 Å². The summed E-state index contributed by atoms with van der Waals surface area (Å²) in [6.45, 7) is 9.50. The van der Waals surface area contributed by atoms with Crippen LogP contribution in [0.5, 0.6) is 5.75 Å². The Kier molecular flexibility index (Phi) is 5.43. The van der Waals surface area contributed by atoms with Crippen LogP contribution in [0.1, 0.15) is 62.9 Å². The largest absolute Gasteiger partial charge is 0.488 e. The maximum Gasteiger partial charge on any atom is 0.162 e. The second-order valence-electron chi connectivity index (χ2n) is 8.74. The minimum absolute atomic E-state index is 0.0409. The number of aliphatic imine (C=N–C) groups is 1.